The summed E-state index contributed by atoms with van der Waals surface area (Å²) in [6.07, 6.45) is -5.14. The summed E-state index contributed by atoms with van der Waals surface area (Å²) in [4.78, 5) is 24.6. The van der Waals surface area contributed by atoms with Crippen LogP contribution in [0.15, 0.2) is 54.9 Å². The van der Waals surface area contributed by atoms with Crippen LogP contribution in [0.25, 0.3) is 0 Å². The number of nitrogens with zero attached hydrogens (tertiary/aromatic N) is 1. The van der Waals surface area contributed by atoms with E-state index >= 15 is 0 Å². The van der Waals surface area contributed by atoms with Gasteiger partial charge in [-0.15, -0.1) is 0 Å². The van der Waals surface area contributed by atoms with Crippen molar-refractivity contribution in [2.45, 2.75) is 43.7 Å². The van der Waals surface area contributed by atoms with E-state index in [1.54, 1.807) is 17.0 Å². The molecule has 0 aliphatic carbocycles. The van der Waals surface area contributed by atoms with Crippen LogP contribution in [0.5, 0.6) is 11.5 Å². The zero-order chi connectivity index (χ0) is 28.5. The highest BCUT2D eigenvalue weighted by Gasteiger charge is 2.48. The quantitative estimate of drug-likeness (QED) is 0.150. The van der Waals surface area contributed by atoms with Crippen LogP contribution in [-0.2, 0) is 25.7 Å². The lowest BCUT2D eigenvalue weighted by molar-refractivity contribution is -0.271. The number of hydrogen-bond donors (Lipinski definition) is 6. The number of allylic oxidation sites excluding steroid dienone is 1. The minimum atomic E-state index is -1.85. The van der Waals surface area contributed by atoms with Crippen molar-refractivity contribution >= 4 is 11.9 Å². The van der Waals surface area contributed by atoms with Crippen molar-refractivity contribution in [1.82, 2.24) is 10.2 Å². The fourth-order valence-corrected chi connectivity index (χ4v) is 3.84. The molecule has 2 aliphatic rings. The van der Waals surface area contributed by atoms with Crippen LogP contribution in [0.1, 0.15) is 12.0 Å². The van der Waals surface area contributed by atoms with E-state index in [1.165, 1.54) is 18.2 Å². The lowest BCUT2D eigenvalue weighted by Crippen LogP contribution is -2.61. The summed E-state index contributed by atoms with van der Waals surface area (Å²) < 4.78 is 21.9. The topological polar surface area (TPSA) is 187 Å². The van der Waals surface area contributed by atoms with E-state index in [-0.39, 0.29) is 24.9 Å². The van der Waals surface area contributed by atoms with E-state index in [4.69, 9.17) is 18.9 Å². The van der Waals surface area contributed by atoms with Crippen LogP contribution >= 0.6 is 0 Å². The Kier molecular flexibility index (Phi) is 10.9. The second kappa shape index (κ2) is 14.1. The first kappa shape index (κ1) is 30.1. The third-order valence-electron chi connectivity index (χ3n) is 6.05. The van der Waals surface area contributed by atoms with E-state index in [1.807, 2.05) is 0 Å². The summed E-state index contributed by atoms with van der Waals surface area (Å²) in [7, 11) is 0. The normalized spacial score (nSPS) is 24.6. The Balaban J connectivity index is 1.39. The molecule has 6 N–H and O–H groups in total. The van der Waals surface area contributed by atoms with Gasteiger partial charge in [0.25, 0.3) is 5.91 Å². The maximum Gasteiger partial charge on any atom is 0.335 e. The molecule has 0 aromatic heterocycles. The predicted octanol–water partition coefficient (Wildman–Crippen LogP) is -0.749. The van der Waals surface area contributed by atoms with Crippen LogP contribution in [0.3, 0.4) is 0 Å². The lowest BCUT2D eigenvalue weighted by atomic mass is 9.99. The molecule has 3 rings (SSSR count). The van der Waals surface area contributed by atoms with Gasteiger partial charge in [0.1, 0.15) is 36.4 Å². The standard InChI is InChI=1S/C26H34N2O11/c1-15(7-9-28-16(2)3-6-20(28)30)27-8-10-36-11-12-37-18-5-4-17(14-29)19(13-18)38-26-23(33)21(31)22(32)24(39-26)25(34)35/h3-6,13,21-24,26-27,29,31-33H,1-2,7-12,14H2,(H,34,35)/t21-,22-,23+,24-,26+/m0/s1. The van der Waals surface area contributed by atoms with Crippen LogP contribution < -0.4 is 14.8 Å². The molecular weight excluding hydrogens is 516 g/mol. The highest BCUT2D eigenvalue weighted by molar-refractivity contribution is 5.93. The molecule has 1 aromatic carbocycles. The average molecular weight is 551 g/mol. The molecule has 13 nitrogen and oxygen atoms in total. The van der Waals surface area contributed by atoms with Gasteiger partial charge in [0, 0.05) is 48.6 Å². The molecule has 39 heavy (non-hydrogen) atoms. The molecule has 1 amide bonds. The zero-order valence-electron chi connectivity index (χ0n) is 21.3. The molecule has 2 aliphatic heterocycles. The Morgan fingerprint density at radius 3 is 2.54 bits per heavy atom. The zero-order valence-corrected chi connectivity index (χ0v) is 21.3. The van der Waals surface area contributed by atoms with Gasteiger partial charge in [-0.05, 0) is 18.2 Å². The molecule has 1 saturated heterocycles. The van der Waals surface area contributed by atoms with Gasteiger partial charge in [0.05, 0.1) is 19.8 Å². The van der Waals surface area contributed by atoms with Crippen LogP contribution in [0, 0.1) is 0 Å². The monoisotopic (exact) mass is 550 g/mol. The maximum atomic E-state index is 11.7. The van der Waals surface area contributed by atoms with Crippen LogP contribution in [0.4, 0.5) is 0 Å². The van der Waals surface area contributed by atoms with E-state index in [0.717, 1.165) is 5.70 Å². The smallest absolute Gasteiger partial charge is 0.335 e. The summed E-state index contributed by atoms with van der Waals surface area (Å²) in [5.41, 5.74) is 1.72. The first-order chi connectivity index (χ1) is 18.6. The maximum absolute atomic E-state index is 11.7. The SMILES string of the molecule is C=C(CCN1C(=C)C=CC1=O)NCCOCCOc1ccc(CO)c(O[C@@H]2O[C@H](C(=O)O)[C@@H](O)[C@H](O)[C@H]2O)c1. The van der Waals surface area contributed by atoms with Crippen molar-refractivity contribution in [2.24, 2.45) is 0 Å². The number of carboxylic acid groups (broad SMARTS) is 1. The molecule has 0 spiro atoms. The summed E-state index contributed by atoms with van der Waals surface area (Å²) in [6, 6.07) is 4.50. The average Bonchev–Trinajstić information content (AvgIpc) is 3.23. The van der Waals surface area contributed by atoms with Gasteiger partial charge >= 0.3 is 5.97 Å². The molecule has 1 aromatic rings. The van der Waals surface area contributed by atoms with Crippen molar-refractivity contribution < 1.29 is 54.1 Å². The first-order valence-electron chi connectivity index (χ1n) is 12.3. The molecule has 0 bridgehead atoms. The Labute approximate surface area is 225 Å². The summed E-state index contributed by atoms with van der Waals surface area (Å²) in [5.74, 6) is -1.26. The number of ether oxygens (including phenoxy) is 4. The van der Waals surface area contributed by atoms with Crippen molar-refractivity contribution in [3.63, 3.8) is 0 Å². The van der Waals surface area contributed by atoms with Crippen LogP contribution in [-0.4, -0.2) is 106 Å². The number of aliphatic carboxylic acids is 1. The largest absolute Gasteiger partial charge is 0.491 e. The van der Waals surface area contributed by atoms with E-state index in [0.29, 0.717) is 43.1 Å². The minimum absolute atomic E-state index is 0.0328. The number of aliphatic hydroxyl groups is 4. The first-order valence-corrected chi connectivity index (χ1v) is 12.3. The molecule has 0 saturated carbocycles. The number of nitrogens with one attached hydrogen (secondary N) is 1. The fourth-order valence-electron chi connectivity index (χ4n) is 3.84. The Morgan fingerprint density at radius 2 is 1.87 bits per heavy atom. The third-order valence-corrected chi connectivity index (χ3v) is 6.05. The Bertz CT molecular complexity index is 1060. The highest BCUT2D eigenvalue weighted by atomic mass is 16.7. The van der Waals surface area contributed by atoms with Gasteiger partial charge in [-0.25, -0.2) is 4.79 Å². The van der Waals surface area contributed by atoms with E-state index in [9.17, 15) is 35.1 Å². The summed E-state index contributed by atoms with van der Waals surface area (Å²) in [6.45, 7) is 9.13. The number of rotatable bonds is 15. The van der Waals surface area contributed by atoms with E-state index < -0.39 is 43.3 Å². The third kappa shape index (κ3) is 8.02. The second-order valence-electron chi connectivity index (χ2n) is 8.84. The predicted molar refractivity (Wildman–Crippen MR) is 135 cm³/mol. The lowest BCUT2D eigenvalue weighted by Gasteiger charge is -2.38. The molecule has 1 fully saturated rings. The number of amides is 1. The van der Waals surface area contributed by atoms with Gasteiger partial charge in [-0.2, -0.15) is 0 Å². The van der Waals surface area contributed by atoms with Crippen molar-refractivity contribution in [1.29, 1.82) is 0 Å². The molecular formula is C26H34N2O11. The van der Waals surface area contributed by atoms with E-state index in [2.05, 4.69) is 18.5 Å². The van der Waals surface area contributed by atoms with Gasteiger partial charge in [0.15, 0.2) is 6.10 Å². The number of carbonyl (C=O) groups excluding carboxylic acids is 1. The van der Waals surface area contributed by atoms with Gasteiger partial charge in [-0.1, -0.05) is 13.2 Å². The number of hydrogen-bond acceptors (Lipinski definition) is 11. The fraction of sp³-hybridized carbons (Fsp3) is 0.462. The molecule has 13 heteroatoms. The van der Waals surface area contributed by atoms with Gasteiger partial charge in [0.2, 0.25) is 6.29 Å². The number of carboxylic acids is 1. The number of aliphatic hydroxyl groups excluding tert-OH is 4. The molecule has 2 heterocycles. The second-order valence-corrected chi connectivity index (χ2v) is 8.84. The number of carbonyl (C=O) groups is 2. The van der Waals surface area contributed by atoms with Crippen molar-refractivity contribution in [2.75, 3.05) is 32.9 Å². The van der Waals surface area contributed by atoms with Gasteiger partial charge < -0.3 is 54.7 Å². The Morgan fingerprint density at radius 1 is 1.10 bits per heavy atom. The van der Waals surface area contributed by atoms with Crippen molar-refractivity contribution in [3.05, 3.63) is 60.5 Å². The van der Waals surface area contributed by atoms with Crippen molar-refractivity contribution in [3.8, 4) is 11.5 Å². The molecule has 5 atom stereocenters. The summed E-state index contributed by atoms with van der Waals surface area (Å²) >= 11 is 0. The highest BCUT2D eigenvalue weighted by Crippen LogP contribution is 2.30. The Hall–Kier alpha value is -3.46. The van der Waals surface area contributed by atoms with Crippen LogP contribution in [0.2, 0.25) is 0 Å². The molecule has 0 radical (unpaired) electrons. The molecule has 0 unspecified atom stereocenters. The summed E-state index contributed by atoms with van der Waals surface area (Å²) in [5, 5.41) is 51.9. The minimum Gasteiger partial charge on any atom is -0.491 e. The molecule has 214 valence electrons. The van der Waals surface area contributed by atoms with Gasteiger partial charge in [-0.3, -0.25) is 4.79 Å². The number of benzene rings is 1.